The lowest BCUT2D eigenvalue weighted by Crippen LogP contribution is -2.41. The van der Waals surface area contributed by atoms with E-state index in [1.807, 2.05) is 73.1 Å². The van der Waals surface area contributed by atoms with Gasteiger partial charge in [-0.25, -0.2) is 4.68 Å². The smallest absolute Gasteiger partial charge is 0.240 e. The molecule has 2 N–H and O–H groups in total. The highest BCUT2D eigenvalue weighted by molar-refractivity contribution is 8.00. The Morgan fingerprint density at radius 3 is 2.35 bits per heavy atom. The number of aromatic nitrogens is 3. The van der Waals surface area contributed by atoms with Crippen LogP contribution in [0.4, 0.5) is 5.69 Å². The van der Waals surface area contributed by atoms with Crippen LogP contribution in [0.15, 0.2) is 71.9 Å². The van der Waals surface area contributed by atoms with Crippen molar-refractivity contribution in [2.75, 3.05) is 10.7 Å². The Balaban J connectivity index is 1.53. The Morgan fingerprint density at radius 1 is 1.00 bits per heavy atom. The summed E-state index contributed by atoms with van der Waals surface area (Å²) in [6.07, 6.45) is 0. The minimum Gasteiger partial charge on any atom is -0.325 e. The maximum absolute atomic E-state index is 13.6. The number of benzene rings is 3. The van der Waals surface area contributed by atoms with Crippen molar-refractivity contribution < 1.29 is 4.79 Å². The van der Waals surface area contributed by atoms with Crippen LogP contribution in [-0.4, -0.2) is 26.0 Å². The van der Waals surface area contributed by atoms with Gasteiger partial charge in [-0.2, -0.15) is 0 Å². The molecule has 0 spiro atoms. The Morgan fingerprint density at radius 2 is 1.68 bits per heavy atom. The molecule has 5 rings (SSSR count). The van der Waals surface area contributed by atoms with E-state index in [2.05, 4.69) is 40.0 Å². The zero-order valence-corrected chi connectivity index (χ0v) is 20.6. The van der Waals surface area contributed by atoms with Gasteiger partial charge in [0, 0.05) is 16.3 Å². The molecule has 0 bridgehead atoms. The maximum atomic E-state index is 13.6. The molecule has 0 saturated carbocycles. The van der Waals surface area contributed by atoms with E-state index in [-0.39, 0.29) is 11.9 Å². The zero-order chi connectivity index (χ0) is 23.8. The van der Waals surface area contributed by atoms with Crippen LogP contribution in [0, 0.1) is 20.8 Å². The molecule has 1 aliphatic rings. The monoisotopic (exact) mass is 489 g/mol. The quantitative estimate of drug-likeness (QED) is 0.372. The van der Waals surface area contributed by atoms with E-state index in [1.54, 1.807) is 0 Å². The first kappa shape index (κ1) is 22.5. The number of halogens is 1. The van der Waals surface area contributed by atoms with Crippen LogP contribution in [0.3, 0.4) is 0 Å². The lowest BCUT2D eigenvalue weighted by molar-refractivity contribution is -0.116. The van der Waals surface area contributed by atoms with Crippen molar-refractivity contribution in [1.82, 2.24) is 14.9 Å². The number of nitrogens with zero attached hydrogens (tertiary/aromatic N) is 3. The van der Waals surface area contributed by atoms with Crippen molar-refractivity contribution in [3.63, 3.8) is 0 Å². The molecule has 1 aliphatic heterocycles. The number of thioether (sulfide) groups is 1. The predicted octanol–water partition coefficient (Wildman–Crippen LogP) is 5.92. The van der Waals surface area contributed by atoms with Crippen LogP contribution >= 0.6 is 23.4 Å². The van der Waals surface area contributed by atoms with Gasteiger partial charge in [0.1, 0.15) is 5.25 Å². The highest BCUT2D eigenvalue weighted by atomic mass is 35.5. The van der Waals surface area contributed by atoms with Gasteiger partial charge >= 0.3 is 0 Å². The van der Waals surface area contributed by atoms with Crippen molar-refractivity contribution in [1.29, 1.82) is 0 Å². The van der Waals surface area contributed by atoms with Crippen LogP contribution in [-0.2, 0) is 4.79 Å². The highest BCUT2D eigenvalue weighted by Gasteiger charge is 2.38. The van der Waals surface area contributed by atoms with Gasteiger partial charge in [-0.05, 0) is 49.6 Å². The van der Waals surface area contributed by atoms with E-state index in [0.29, 0.717) is 16.0 Å². The molecule has 2 heterocycles. The summed E-state index contributed by atoms with van der Waals surface area (Å²) in [5, 5.41) is 12.8. The first-order valence-corrected chi connectivity index (χ1v) is 12.2. The Hall–Kier alpha value is -3.29. The number of nitrogens with one attached hydrogen (secondary N) is 2. The molecule has 3 aromatic carbocycles. The third kappa shape index (κ3) is 4.29. The normalized spacial score (nSPS) is 17.1. The van der Waals surface area contributed by atoms with Crippen molar-refractivity contribution in [3.05, 3.63) is 94.0 Å². The molecule has 6 nitrogen and oxygen atoms in total. The second-order valence-corrected chi connectivity index (χ2v) is 10.0. The van der Waals surface area contributed by atoms with Gasteiger partial charge < -0.3 is 10.7 Å². The average molecular weight is 490 g/mol. The third-order valence-electron chi connectivity index (χ3n) is 5.88. The molecule has 0 saturated heterocycles. The van der Waals surface area contributed by atoms with Crippen molar-refractivity contribution in [3.8, 4) is 11.4 Å². The fraction of sp³-hybridized carbons (Fsp3) is 0.192. The van der Waals surface area contributed by atoms with Gasteiger partial charge in [-0.3, -0.25) is 4.79 Å². The van der Waals surface area contributed by atoms with E-state index in [1.165, 1.54) is 17.3 Å². The molecule has 34 heavy (non-hydrogen) atoms. The maximum Gasteiger partial charge on any atom is 0.240 e. The van der Waals surface area contributed by atoms with Gasteiger partial charge in [-0.1, -0.05) is 83.5 Å². The molecule has 0 aliphatic carbocycles. The number of fused-ring (bicyclic) bond motifs is 1. The van der Waals surface area contributed by atoms with E-state index >= 15 is 0 Å². The number of hydrogen-bond acceptors (Lipinski definition) is 5. The molecule has 0 unspecified atom stereocenters. The van der Waals surface area contributed by atoms with Gasteiger partial charge in [0.25, 0.3) is 0 Å². The molecule has 1 aromatic heterocycles. The minimum absolute atomic E-state index is 0.0944. The van der Waals surface area contributed by atoms with Crippen molar-refractivity contribution in [2.45, 2.75) is 37.2 Å². The Bertz CT molecular complexity index is 1330. The molecule has 2 atom stereocenters. The van der Waals surface area contributed by atoms with Crippen molar-refractivity contribution in [2.24, 2.45) is 0 Å². The number of amides is 1. The first-order chi connectivity index (χ1) is 16.4. The molecule has 8 heteroatoms. The van der Waals surface area contributed by atoms with Crippen LogP contribution in [0.5, 0.6) is 0 Å². The SMILES string of the molecule is Cc1cc(C)c(NC(=O)[C@H]2Sc3nnc(-c4ccccc4)n3N[C@H]2c2ccc(Cl)cc2)c(C)c1. The number of rotatable bonds is 4. The number of hydrogen-bond donors (Lipinski definition) is 2. The molecule has 1 amide bonds. The molecular weight excluding hydrogens is 466 g/mol. The Kier molecular flexibility index (Phi) is 6.06. The molecule has 0 radical (unpaired) electrons. The predicted molar refractivity (Wildman–Crippen MR) is 138 cm³/mol. The van der Waals surface area contributed by atoms with E-state index < -0.39 is 5.25 Å². The summed E-state index contributed by atoms with van der Waals surface area (Å²) in [4.78, 5) is 13.6. The lowest BCUT2D eigenvalue weighted by atomic mass is 10.0. The topological polar surface area (TPSA) is 71.8 Å². The van der Waals surface area contributed by atoms with Crippen LogP contribution in [0.25, 0.3) is 11.4 Å². The molecule has 4 aromatic rings. The summed E-state index contributed by atoms with van der Waals surface area (Å²) in [5.74, 6) is 0.606. The average Bonchev–Trinajstić information content (AvgIpc) is 3.24. The third-order valence-corrected chi connectivity index (χ3v) is 7.35. The number of anilines is 1. The van der Waals surface area contributed by atoms with Gasteiger partial charge in [-0.15, -0.1) is 10.2 Å². The van der Waals surface area contributed by atoms with E-state index in [9.17, 15) is 4.79 Å². The lowest BCUT2D eigenvalue weighted by Gasteiger charge is -2.33. The largest absolute Gasteiger partial charge is 0.325 e. The highest BCUT2D eigenvalue weighted by Crippen LogP contribution is 2.39. The number of carbonyl (C=O) groups excluding carboxylic acids is 1. The standard InChI is InChI=1S/C26H24ClN5OS/c1-15-13-16(2)21(17(3)14-15)28-25(33)23-22(18-9-11-20(27)12-10-18)31-32-24(29-30-26(32)34-23)19-7-5-4-6-8-19/h4-14,22-23,31H,1-3H3,(H,28,33)/t22-,23-/m0/s1. The zero-order valence-electron chi connectivity index (χ0n) is 19.0. The number of carbonyl (C=O) groups is 1. The van der Waals surface area contributed by atoms with E-state index in [4.69, 9.17) is 11.6 Å². The fourth-order valence-electron chi connectivity index (χ4n) is 4.32. The van der Waals surface area contributed by atoms with Crippen molar-refractivity contribution >= 4 is 35.0 Å². The summed E-state index contributed by atoms with van der Waals surface area (Å²) in [7, 11) is 0. The summed E-state index contributed by atoms with van der Waals surface area (Å²) in [6, 6.07) is 21.3. The van der Waals surface area contributed by atoms with Gasteiger partial charge in [0.05, 0.1) is 6.04 Å². The van der Waals surface area contributed by atoms with Crippen LogP contribution in [0.1, 0.15) is 28.3 Å². The number of aryl methyl sites for hydroxylation is 3. The summed E-state index contributed by atoms with van der Waals surface area (Å²) in [6.45, 7) is 6.09. The van der Waals surface area contributed by atoms with Crippen LogP contribution < -0.4 is 10.7 Å². The molecule has 0 fully saturated rings. The molecular formula is C26H24ClN5OS. The molecule has 172 valence electrons. The van der Waals surface area contributed by atoms with Gasteiger partial charge in [0.2, 0.25) is 11.1 Å². The van der Waals surface area contributed by atoms with Gasteiger partial charge in [0.15, 0.2) is 5.82 Å². The Labute approximate surface area is 207 Å². The summed E-state index contributed by atoms with van der Waals surface area (Å²) >= 11 is 7.55. The second kappa shape index (κ2) is 9.16. The second-order valence-electron chi connectivity index (χ2n) is 8.47. The minimum atomic E-state index is -0.471. The van der Waals surface area contributed by atoms with E-state index in [0.717, 1.165) is 27.9 Å². The van der Waals surface area contributed by atoms with Crippen LogP contribution in [0.2, 0.25) is 5.02 Å². The summed E-state index contributed by atoms with van der Waals surface area (Å²) < 4.78 is 1.87. The summed E-state index contributed by atoms with van der Waals surface area (Å²) in [5.41, 5.74) is 9.49. The fourth-order valence-corrected chi connectivity index (χ4v) is 5.53. The first-order valence-electron chi connectivity index (χ1n) is 11.0.